The zero-order valence-corrected chi connectivity index (χ0v) is 18.9. The number of benzene rings is 2. The molecular formula is C26H34N2O3. The highest BCUT2D eigenvalue weighted by molar-refractivity contribution is 5.88. The van der Waals surface area contributed by atoms with Crippen LogP contribution in [0, 0.1) is 6.92 Å². The van der Waals surface area contributed by atoms with E-state index in [9.17, 15) is 9.59 Å². The van der Waals surface area contributed by atoms with Gasteiger partial charge in [0.1, 0.15) is 11.8 Å². The number of hydrogen-bond acceptors (Lipinski definition) is 3. The number of carbonyl (C=O) groups excluding carboxylic acids is 2. The van der Waals surface area contributed by atoms with E-state index in [1.165, 1.54) is 6.42 Å². The summed E-state index contributed by atoms with van der Waals surface area (Å²) in [7, 11) is 1.63. The molecule has 1 aliphatic carbocycles. The molecule has 0 saturated heterocycles. The van der Waals surface area contributed by atoms with Crippen molar-refractivity contribution < 1.29 is 14.3 Å². The zero-order chi connectivity index (χ0) is 22.2. The molecule has 0 heterocycles. The van der Waals surface area contributed by atoms with Gasteiger partial charge in [-0.05, 0) is 49.9 Å². The third-order valence-electron chi connectivity index (χ3n) is 6.07. The summed E-state index contributed by atoms with van der Waals surface area (Å²) < 4.78 is 5.24. The van der Waals surface area contributed by atoms with Crippen LogP contribution in [0.25, 0.3) is 0 Å². The molecule has 2 aromatic carbocycles. The quantitative estimate of drug-likeness (QED) is 0.685. The number of nitrogens with one attached hydrogen (secondary N) is 1. The average molecular weight is 423 g/mol. The molecule has 5 heteroatoms. The van der Waals surface area contributed by atoms with Crippen molar-refractivity contribution in [2.75, 3.05) is 7.11 Å². The topological polar surface area (TPSA) is 58.6 Å². The zero-order valence-electron chi connectivity index (χ0n) is 18.9. The number of hydrogen-bond donors (Lipinski definition) is 1. The van der Waals surface area contributed by atoms with Gasteiger partial charge in [-0.1, -0.05) is 61.2 Å². The Morgan fingerprint density at radius 1 is 1.06 bits per heavy atom. The Kier molecular flexibility index (Phi) is 8.10. The lowest BCUT2D eigenvalue weighted by molar-refractivity contribution is -0.140. The van der Waals surface area contributed by atoms with Gasteiger partial charge in [0, 0.05) is 12.6 Å². The minimum atomic E-state index is -0.540. The monoisotopic (exact) mass is 422 g/mol. The van der Waals surface area contributed by atoms with Crippen LogP contribution in [0.1, 0.15) is 55.7 Å². The second-order valence-electron chi connectivity index (χ2n) is 8.56. The van der Waals surface area contributed by atoms with Crippen LogP contribution < -0.4 is 10.1 Å². The SMILES string of the molecule is COc1ccc(CN(C(=O)Cc2cccc(C)c2)C(C)C(=O)NC2CCCCC2)cc1. The predicted molar refractivity (Wildman–Crippen MR) is 123 cm³/mol. The molecule has 31 heavy (non-hydrogen) atoms. The van der Waals surface area contributed by atoms with Gasteiger partial charge in [-0.15, -0.1) is 0 Å². The molecule has 2 amide bonds. The van der Waals surface area contributed by atoms with Gasteiger partial charge in [-0.3, -0.25) is 9.59 Å². The van der Waals surface area contributed by atoms with E-state index in [0.29, 0.717) is 6.54 Å². The van der Waals surface area contributed by atoms with Gasteiger partial charge < -0.3 is 15.0 Å². The lowest BCUT2D eigenvalue weighted by Gasteiger charge is -2.31. The van der Waals surface area contributed by atoms with Crippen LogP contribution >= 0.6 is 0 Å². The Morgan fingerprint density at radius 3 is 2.42 bits per heavy atom. The second-order valence-corrected chi connectivity index (χ2v) is 8.56. The first-order valence-electron chi connectivity index (χ1n) is 11.2. The van der Waals surface area contributed by atoms with Gasteiger partial charge in [0.2, 0.25) is 11.8 Å². The van der Waals surface area contributed by atoms with Crippen LogP contribution in [0.2, 0.25) is 0 Å². The van der Waals surface area contributed by atoms with Gasteiger partial charge in [-0.2, -0.15) is 0 Å². The van der Waals surface area contributed by atoms with Gasteiger partial charge in [0.05, 0.1) is 13.5 Å². The number of carbonyl (C=O) groups is 2. The standard InChI is InChI=1S/C26H34N2O3/c1-19-8-7-9-22(16-19)17-25(29)28(18-21-12-14-24(31-3)15-13-21)20(2)26(30)27-23-10-5-4-6-11-23/h7-9,12-16,20,23H,4-6,10-11,17-18H2,1-3H3,(H,27,30). The van der Waals surface area contributed by atoms with Gasteiger partial charge >= 0.3 is 0 Å². The fourth-order valence-corrected chi connectivity index (χ4v) is 4.18. The summed E-state index contributed by atoms with van der Waals surface area (Å²) in [6.45, 7) is 4.23. The van der Waals surface area contributed by atoms with Crippen molar-refractivity contribution in [1.82, 2.24) is 10.2 Å². The lowest BCUT2D eigenvalue weighted by atomic mass is 9.95. The Labute approximate surface area is 185 Å². The molecule has 1 N–H and O–H groups in total. The van der Waals surface area contributed by atoms with Crippen LogP contribution in [-0.4, -0.2) is 35.9 Å². The summed E-state index contributed by atoms with van der Waals surface area (Å²) in [5, 5.41) is 3.18. The van der Waals surface area contributed by atoms with E-state index < -0.39 is 6.04 Å². The van der Waals surface area contributed by atoms with Crippen LogP contribution in [0.3, 0.4) is 0 Å². The molecule has 2 aromatic rings. The van der Waals surface area contributed by atoms with Gasteiger partial charge in [0.15, 0.2) is 0 Å². The number of aryl methyl sites for hydroxylation is 1. The van der Waals surface area contributed by atoms with E-state index in [-0.39, 0.29) is 24.3 Å². The summed E-state index contributed by atoms with van der Waals surface area (Å²) in [6, 6.07) is 15.3. The molecule has 5 nitrogen and oxygen atoms in total. The van der Waals surface area contributed by atoms with E-state index >= 15 is 0 Å². The predicted octanol–water partition coefficient (Wildman–Crippen LogP) is 4.41. The van der Waals surface area contributed by atoms with E-state index in [4.69, 9.17) is 4.74 Å². The van der Waals surface area contributed by atoms with E-state index in [0.717, 1.165) is 48.1 Å². The summed E-state index contributed by atoms with van der Waals surface area (Å²) in [6.07, 6.45) is 5.87. The second kappa shape index (κ2) is 11.0. The maximum absolute atomic E-state index is 13.3. The number of amides is 2. The molecule has 0 radical (unpaired) electrons. The van der Waals surface area contributed by atoms with Crippen molar-refractivity contribution >= 4 is 11.8 Å². The molecule has 0 aromatic heterocycles. The highest BCUT2D eigenvalue weighted by Gasteiger charge is 2.28. The lowest BCUT2D eigenvalue weighted by Crippen LogP contribution is -2.50. The fourth-order valence-electron chi connectivity index (χ4n) is 4.18. The maximum Gasteiger partial charge on any atom is 0.242 e. The minimum Gasteiger partial charge on any atom is -0.497 e. The van der Waals surface area contributed by atoms with Crippen LogP contribution in [0.5, 0.6) is 5.75 Å². The fraction of sp³-hybridized carbons (Fsp3) is 0.462. The minimum absolute atomic E-state index is 0.0484. The number of ether oxygens (including phenoxy) is 1. The number of rotatable bonds is 8. The van der Waals surface area contributed by atoms with E-state index in [1.807, 2.05) is 62.4 Å². The number of nitrogens with zero attached hydrogens (tertiary/aromatic N) is 1. The van der Waals surface area contributed by atoms with Crippen molar-refractivity contribution in [1.29, 1.82) is 0 Å². The molecular weight excluding hydrogens is 388 g/mol. The smallest absolute Gasteiger partial charge is 0.242 e. The van der Waals surface area contributed by atoms with Crippen LogP contribution in [0.15, 0.2) is 48.5 Å². The summed E-state index contributed by atoms with van der Waals surface area (Å²) >= 11 is 0. The largest absolute Gasteiger partial charge is 0.497 e. The molecule has 0 bridgehead atoms. The van der Waals surface area contributed by atoms with Crippen LogP contribution in [-0.2, 0) is 22.6 Å². The van der Waals surface area contributed by atoms with E-state index in [1.54, 1.807) is 12.0 Å². The Bertz CT molecular complexity index is 872. The van der Waals surface area contributed by atoms with E-state index in [2.05, 4.69) is 5.32 Å². The third kappa shape index (κ3) is 6.58. The van der Waals surface area contributed by atoms with Gasteiger partial charge in [-0.25, -0.2) is 0 Å². The summed E-state index contributed by atoms with van der Waals surface area (Å²) in [5.74, 6) is 0.648. The highest BCUT2D eigenvalue weighted by Crippen LogP contribution is 2.19. The molecule has 1 aliphatic rings. The first kappa shape index (κ1) is 22.9. The highest BCUT2D eigenvalue weighted by atomic mass is 16.5. The van der Waals surface area contributed by atoms with Crippen molar-refractivity contribution in [2.24, 2.45) is 0 Å². The molecule has 1 saturated carbocycles. The molecule has 1 fully saturated rings. The van der Waals surface area contributed by atoms with Crippen LogP contribution in [0.4, 0.5) is 0 Å². The van der Waals surface area contributed by atoms with Crippen molar-refractivity contribution in [2.45, 2.75) is 71.0 Å². The molecule has 0 aliphatic heterocycles. The first-order chi connectivity index (χ1) is 15.0. The Balaban J connectivity index is 1.75. The van der Waals surface area contributed by atoms with Crippen molar-refractivity contribution in [3.05, 3.63) is 65.2 Å². The molecule has 0 spiro atoms. The maximum atomic E-state index is 13.3. The normalized spacial score (nSPS) is 15.2. The van der Waals surface area contributed by atoms with Crippen molar-refractivity contribution in [3.63, 3.8) is 0 Å². The first-order valence-corrected chi connectivity index (χ1v) is 11.2. The molecule has 3 rings (SSSR count). The Morgan fingerprint density at radius 2 is 1.77 bits per heavy atom. The number of methoxy groups -OCH3 is 1. The molecule has 1 atom stereocenters. The van der Waals surface area contributed by atoms with Gasteiger partial charge in [0.25, 0.3) is 0 Å². The average Bonchev–Trinajstić information content (AvgIpc) is 2.78. The third-order valence-corrected chi connectivity index (χ3v) is 6.07. The molecule has 166 valence electrons. The Hall–Kier alpha value is -2.82. The summed E-state index contributed by atoms with van der Waals surface area (Å²) in [4.78, 5) is 28.0. The molecule has 1 unspecified atom stereocenters. The van der Waals surface area contributed by atoms with Crippen molar-refractivity contribution in [3.8, 4) is 5.75 Å². The summed E-state index contributed by atoms with van der Waals surface area (Å²) in [5.41, 5.74) is 3.05.